The van der Waals surface area contributed by atoms with Crippen LogP contribution in [0.4, 0.5) is 10.1 Å². The molecule has 6 nitrogen and oxygen atoms in total. The minimum absolute atomic E-state index is 0.0157. The lowest BCUT2D eigenvalue weighted by Crippen LogP contribution is -2.31. The second-order valence-electron chi connectivity index (χ2n) is 5.72. The van der Waals surface area contributed by atoms with Gasteiger partial charge in [-0.15, -0.1) is 0 Å². The van der Waals surface area contributed by atoms with Crippen LogP contribution in [-0.4, -0.2) is 30.4 Å². The first-order chi connectivity index (χ1) is 12.9. The SMILES string of the molecule is CCC(=O)c1ccc(OCC(=O)O[C@@H](C)C(=O)Nc2ccc(F)cc2)cc1. The fourth-order valence-corrected chi connectivity index (χ4v) is 2.15. The van der Waals surface area contributed by atoms with Gasteiger partial charge < -0.3 is 14.8 Å². The Morgan fingerprint density at radius 3 is 2.26 bits per heavy atom. The number of nitrogens with one attached hydrogen (secondary N) is 1. The summed E-state index contributed by atoms with van der Waals surface area (Å²) in [4.78, 5) is 35.4. The Kier molecular flexibility index (Phi) is 7.05. The minimum atomic E-state index is -1.05. The number of carbonyl (C=O) groups excluding carboxylic acids is 3. The van der Waals surface area contributed by atoms with Crippen molar-refractivity contribution in [1.82, 2.24) is 0 Å². The van der Waals surface area contributed by atoms with Crippen molar-refractivity contribution < 1.29 is 28.2 Å². The van der Waals surface area contributed by atoms with E-state index in [0.29, 0.717) is 23.4 Å². The molecule has 1 amide bonds. The van der Waals surface area contributed by atoms with Gasteiger partial charge in [-0.3, -0.25) is 9.59 Å². The lowest BCUT2D eigenvalue weighted by molar-refractivity contribution is -0.155. The highest BCUT2D eigenvalue weighted by Gasteiger charge is 2.18. The summed E-state index contributed by atoms with van der Waals surface area (Å²) >= 11 is 0. The minimum Gasteiger partial charge on any atom is -0.482 e. The summed E-state index contributed by atoms with van der Waals surface area (Å²) in [6.07, 6.45) is -0.638. The first-order valence-corrected chi connectivity index (χ1v) is 8.41. The Hall–Kier alpha value is -3.22. The highest BCUT2D eigenvalue weighted by Crippen LogP contribution is 2.14. The van der Waals surface area contributed by atoms with Gasteiger partial charge >= 0.3 is 5.97 Å². The first kappa shape index (κ1) is 20.1. The second kappa shape index (κ2) is 9.47. The summed E-state index contributed by atoms with van der Waals surface area (Å²) in [7, 11) is 0. The average Bonchev–Trinajstić information content (AvgIpc) is 2.67. The monoisotopic (exact) mass is 373 g/mol. The van der Waals surface area contributed by atoms with E-state index >= 15 is 0 Å². The van der Waals surface area contributed by atoms with E-state index in [2.05, 4.69) is 5.32 Å². The van der Waals surface area contributed by atoms with Gasteiger partial charge in [0.2, 0.25) is 0 Å². The molecule has 1 N–H and O–H groups in total. The Labute approximate surface area is 156 Å². The predicted octanol–water partition coefficient (Wildman–Crippen LogP) is 3.37. The summed E-state index contributed by atoms with van der Waals surface area (Å²) < 4.78 is 23.1. The number of hydrogen-bond donors (Lipinski definition) is 1. The largest absolute Gasteiger partial charge is 0.482 e. The zero-order valence-electron chi connectivity index (χ0n) is 15.0. The van der Waals surface area contributed by atoms with Crippen molar-refractivity contribution >= 4 is 23.3 Å². The fraction of sp³-hybridized carbons (Fsp3) is 0.250. The molecule has 2 aromatic rings. The van der Waals surface area contributed by atoms with Gasteiger partial charge in [-0.25, -0.2) is 9.18 Å². The summed E-state index contributed by atoms with van der Waals surface area (Å²) in [6.45, 7) is 2.81. The van der Waals surface area contributed by atoms with Gasteiger partial charge in [0.25, 0.3) is 5.91 Å². The molecule has 142 valence electrons. The predicted molar refractivity (Wildman–Crippen MR) is 97.1 cm³/mol. The van der Waals surface area contributed by atoms with Crippen LogP contribution in [0.25, 0.3) is 0 Å². The number of esters is 1. The zero-order valence-corrected chi connectivity index (χ0v) is 15.0. The quantitative estimate of drug-likeness (QED) is 0.567. The van der Waals surface area contributed by atoms with Crippen LogP contribution in [-0.2, 0) is 14.3 Å². The van der Waals surface area contributed by atoms with Crippen molar-refractivity contribution in [2.75, 3.05) is 11.9 Å². The number of carbonyl (C=O) groups is 3. The molecule has 0 bridgehead atoms. The van der Waals surface area contributed by atoms with E-state index in [4.69, 9.17) is 9.47 Å². The maximum absolute atomic E-state index is 12.8. The van der Waals surface area contributed by atoms with E-state index in [1.54, 1.807) is 31.2 Å². The number of rotatable bonds is 8. The molecule has 2 rings (SSSR count). The van der Waals surface area contributed by atoms with Crippen molar-refractivity contribution in [3.05, 3.63) is 59.9 Å². The van der Waals surface area contributed by atoms with Crippen LogP contribution >= 0.6 is 0 Å². The molecule has 0 fully saturated rings. The second-order valence-corrected chi connectivity index (χ2v) is 5.72. The Morgan fingerprint density at radius 1 is 1.04 bits per heavy atom. The van der Waals surface area contributed by atoms with Gasteiger partial charge in [0.05, 0.1) is 0 Å². The van der Waals surface area contributed by atoms with Crippen molar-refractivity contribution in [3.63, 3.8) is 0 Å². The highest BCUT2D eigenvalue weighted by molar-refractivity contribution is 5.96. The number of halogens is 1. The molecule has 0 saturated carbocycles. The number of anilines is 1. The molecule has 0 aliphatic rings. The molecular formula is C20H20FNO5. The molecule has 0 aliphatic carbocycles. The first-order valence-electron chi connectivity index (χ1n) is 8.41. The van der Waals surface area contributed by atoms with E-state index in [1.165, 1.54) is 31.2 Å². The number of amides is 1. The summed E-state index contributed by atoms with van der Waals surface area (Å²) in [5, 5.41) is 2.51. The molecular weight excluding hydrogens is 353 g/mol. The van der Waals surface area contributed by atoms with E-state index in [0.717, 1.165) is 0 Å². The molecule has 2 aromatic carbocycles. The van der Waals surface area contributed by atoms with Crippen LogP contribution in [0.5, 0.6) is 5.75 Å². The smallest absolute Gasteiger partial charge is 0.344 e. The molecule has 0 heterocycles. The number of Topliss-reactive ketones (excluding diaryl/α,β-unsaturated/α-hetero) is 1. The molecule has 0 unspecified atom stereocenters. The number of benzene rings is 2. The van der Waals surface area contributed by atoms with Gasteiger partial charge in [-0.1, -0.05) is 6.92 Å². The molecule has 0 aliphatic heterocycles. The van der Waals surface area contributed by atoms with Crippen molar-refractivity contribution in [1.29, 1.82) is 0 Å². The maximum atomic E-state index is 12.8. The van der Waals surface area contributed by atoms with Gasteiger partial charge in [0.15, 0.2) is 18.5 Å². The summed E-state index contributed by atoms with van der Waals surface area (Å²) in [6, 6.07) is 11.6. The van der Waals surface area contributed by atoms with Crippen LogP contribution in [0.1, 0.15) is 30.6 Å². The standard InChI is InChI=1S/C20H20FNO5/c1-3-18(23)14-4-10-17(11-5-14)26-12-19(24)27-13(2)20(25)22-16-8-6-15(21)7-9-16/h4-11,13H,3,12H2,1-2H3,(H,22,25)/t13-/m0/s1. The van der Waals surface area contributed by atoms with Gasteiger partial charge in [-0.05, 0) is 55.5 Å². The Bertz CT molecular complexity index is 802. The van der Waals surface area contributed by atoms with Crippen molar-refractivity contribution in [3.8, 4) is 5.75 Å². The molecule has 27 heavy (non-hydrogen) atoms. The number of hydrogen-bond acceptors (Lipinski definition) is 5. The van der Waals surface area contributed by atoms with E-state index in [-0.39, 0.29) is 12.4 Å². The Balaban J connectivity index is 1.79. The van der Waals surface area contributed by atoms with Gasteiger partial charge in [-0.2, -0.15) is 0 Å². The van der Waals surface area contributed by atoms with Gasteiger partial charge in [0.1, 0.15) is 11.6 Å². The van der Waals surface area contributed by atoms with Crippen LogP contribution in [0.15, 0.2) is 48.5 Å². The zero-order chi connectivity index (χ0) is 19.8. The van der Waals surface area contributed by atoms with Crippen LogP contribution in [0, 0.1) is 5.82 Å². The molecule has 7 heteroatoms. The molecule has 0 spiro atoms. The van der Waals surface area contributed by atoms with Crippen molar-refractivity contribution in [2.24, 2.45) is 0 Å². The summed E-state index contributed by atoms with van der Waals surface area (Å²) in [5.74, 6) is -1.26. The number of ether oxygens (including phenoxy) is 2. The molecule has 1 atom stereocenters. The normalized spacial score (nSPS) is 11.4. The van der Waals surface area contributed by atoms with Crippen LogP contribution in [0.3, 0.4) is 0 Å². The van der Waals surface area contributed by atoms with E-state index in [1.807, 2.05) is 0 Å². The van der Waals surface area contributed by atoms with Crippen LogP contribution in [0.2, 0.25) is 0 Å². The molecule has 0 saturated heterocycles. The summed E-state index contributed by atoms with van der Waals surface area (Å²) in [5.41, 5.74) is 0.959. The maximum Gasteiger partial charge on any atom is 0.344 e. The lowest BCUT2D eigenvalue weighted by atomic mass is 10.1. The van der Waals surface area contributed by atoms with Crippen molar-refractivity contribution in [2.45, 2.75) is 26.4 Å². The third-order valence-corrected chi connectivity index (χ3v) is 3.64. The molecule has 0 aromatic heterocycles. The topological polar surface area (TPSA) is 81.7 Å². The van der Waals surface area contributed by atoms with Gasteiger partial charge in [0, 0.05) is 17.7 Å². The van der Waals surface area contributed by atoms with E-state index < -0.39 is 23.8 Å². The Morgan fingerprint density at radius 2 is 1.67 bits per heavy atom. The fourth-order valence-electron chi connectivity index (χ4n) is 2.15. The van der Waals surface area contributed by atoms with Crippen LogP contribution < -0.4 is 10.1 Å². The lowest BCUT2D eigenvalue weighted by Gasteiger charge is -2.14. The third-order valence-electron chi connectivity index (χ3n) is 3.64. The average molecular weight is 373 g/mol. The highest BCUT2D eigenvalue weighted by atomic mass is 19.1. The molecule has 0 radical (unpaired) electrons. The van der Waals surface area contributed by atoms with E-state index in [9.17, 15) is 18.8 Å². The number of ketones is 1. The third kappa shape index (κ3) is 6.22.